The molecule has 88 valence electrons. The molecule has 1 aliphatic rings. The van der Waals surface area contributed by atoms with Crippen LogP contribution in [0.15, 0.2) is 0 Å². The van der Waals surface area contributed by atoms with Gasteiger partial charge in [-0.15, -0.1) is 0 Å². The van der Waals surface area contributed by atoms with Crippen molar-refractivity contribution in [3.8, 4) is 0 Å². The van der Waals surface area contributed by atoms with E-state index in [-0.39, 0.29) is 6.10 Å². The van der Waals surface area contributed by atoms with Gasteiger partial charge in [-0.05, 0) is 25.7 Å². The Morgan fingerprint density at radius 2 is 1.47 bits per heavy atom. The molecule has 1 aliphatic carbocycles. The van der Waals surface area contributed by atoms with Gasteiger partial charge in [0.1, 0.15) is 6.10 Å². The van der Waals surface area contributed by atoms with Crippen molar-refractivity contribution < 1.29 is 9.53 Å². The molecule has 0 spiro atoms. The Hall–Kier alpha value is 0.340. The topological polar surface area (TPSA) is 26.3 Å². The van der Waals surface area contributed by atoms with E-state index in [1.165, 1.54) is 19.3 Å². The van der Waals surface area contributed by atoms with Gasteiger partial charge in [0.15, 0.2) is 0 Å². The minimum Gasteiger partial charge on any atom is -0.459 e. The lowest BCUT2D eigenvalue weighted by molar-refractivity contribution is -0.148. The molecule has 0 aromatic heterocycles. The monoisotopic (exact) mass is 272 g/mol. The molecule has 0 bridgehead atoms. The molecule has 0 aliphatic heterocycles. The molecular weight excluding hydrogens is 258 g/mol. The number of halogens is 3. The van der Waals surface area contributed by atoms with Crippen molar-refractivity contribution in [1.29, 1.82) is 0 Å². The first-order valence-corrected chi connectivity index (χ1v) is 6.41. The molecule has 0 saturated heterocycles. The molecule has 0 aromatic rings. The first kappa shape index (κ1) is 13.4. The maximum atomic E-state index is 11.3. The van der Waals surface area contributed by atoms with Crippen LogP contribution in [0.4, 0.5) is 0 Å². The third kappa shape index (κ3) is 5.28. The van der Waals surface area contributed by atoms with Crippen LogP contribution in [0, 0.1) is 0 Å². The SMILES string of the molecule is O=C(OC1CCCCCCC1)C(Cl)(Cl)Cl. The number of rotatable bonds is 1. The van der Waals surface area contributed by atoms with E-state index in [2.05, 4.69) is 0 Å². The second-order valence-corrected chi connectivity index (χ2v) is 6.15. The highest BCUT2D eigenvalue weighted by Gasteiger charge is 2.34. The van der Waals surface area contributed by atoms with Crippen molar-refractivity contribution in [3.63, 3.8) is 0 Å². The molecule has 0 N–H and O–H groups in total. The van der Waals surface area contributed by atoms with E-state index in [4.69, 9.17) is 39.5 Å². The van der Waals surface area contributed by atoms with Crippen molar-refractivity contribution in [2.75, 3.05) is 0 Å². The summed E-state index contributed by atoms with van der Waals surface area (Å²) in [6.45, 7) is 0. The van der Waals surface area contributed by atoms with Crippen LogP contribution >= 0.6 is 34.8 Å². The summed E-state index contributed by atoms with van der Waals surface area (Å²) in [5, 5.41) is 0. The number of ether oxygens (including phenoxy) is 1. The molecule has 1 rings (SSSR count). The van der Waals surface area contributed by atoms with E-state index in [1.807, 2.05) is 0 Å². The highest BCUT2D eigenvalue weighted by atomic mass is 35.6. The summed E-state index contributed by atoms with van der Waals surface area (Å²) in [7, 11) is 0. The summed E-state index contributed by atoms with van der Waals surface area (Å²) in [5.41, 5.74) is 0. The van der Waals surface area contributed by atoms with Gasteiger partial charge in [0, 0.05) is 0 Å². The second kappa shape index (κ2) is 6.17. The largest absolute Gasteiger partial charge is 0.459 e. The third-order valence-electron chi connectivity index (χ3n) is 2.56. The maximum absolute atomic E-state index is 11.3. The zero-order valence-corrected chi connectivity index (χ0v) is 10.7. The lowest BCUT2D eigenvalue weighted by Crippen LogP contribution is -2.28. The van der Waals surface area contributed by atoms with E-state index >= 15 is 0 Å². The molecule has 1 fully saturated rings. The fourth-order valence-corrected chi connectivity index (χ4v) is 1.89. The zero-order chi connectivity index (χ0) is 11.3. The van der Waals surface area contributed by atoms with Gasteiger partial charge in [0.25, 0.3) is 3.79 Å². The van der Waals surface area contributed by atoms with Gasteiger partial charge in [-0.1, -0.05) is 54.1 Å². The molecule has 5 heteroatoms. The van der Waals surface area contributed by atoms with Crippen LogP contribution in [-0.4, -0.2) is 15.9 Å². The standard InChI is InChI=1S/C10H15Cl3O2/c11-10(12,13)9(14)15-8-6-4-2-1-3-5-7-8/h8H,1-7H2. The van der Waals surface area contributed by atoms with Crippen LogP contribution in [0.3, 0.4) is 0 Å². The van der Waals surface area contributed by atoms with E-state index in [1.54, 1.807) is 0 Å². The maximum Gasteiger partial charge on any atom is 0.358 e. The number of carbonyl (C=O) groups excluding carboxylic acids is 1. The Balaban J connectivity index is 2.38. The van der Waals surface area contributed by atoms with Gasteiger partial charge >= 0.3 is 5.97 Å². The molecule has 0 aromatic carbocycles. The fraction of sp³-hybridized carbons (Fsp3) is 0.900. The predicted molar refractivity (Wildman–Crippen MR) is 62.5 cm³/mol. The van der Waals surface area contributed by atoms with E-state index < -0.39 is 9.76 Å². The molecule has 0 heterocycles. The Bertz CT molecular complexity index is 205. The Morgan fingerprint density at radius 3 is 1.93 bits per heavy atom. The molecule has 0 radical (unpaired) electrons. The van der Waals surface area contributed by atoms with Gasteiger partial charge in [0.2, 0.25) is 0 Å². The molecule has 2 nitrogen and oxygen atoms in total. The average molecular weight is 274 g/mol. The van der Waals surface area contributed by atoms with E-state index in [0.717, 1.165) is 25.7 Å². The summed E-state index contributed by atoms with van der Waals surface area (Å²) >= 11 is 16.3. The number of carbonyl (C=O) groups is 1. The number of hydrogen-bond donors (Lipinski definition) is 0. The van der Waals surface area contributed by atoms with Gasteiger partial charge in [0.05, 0.1) is 0 Å². The van der Waals surface area contributed by atoms with Crippen LogP contribution in [0.5, 0.6) is 0 Å². The first-order chi connectivity index (χ1) is 7.00. The lowest BCUT2D eigenvalue weighted by Gasteiger charge is -2.21. The van der Waals surface area contributed by atoms with Gasteiger partial charge in [-0.3, -0.25) is 0 Å². The molecule has 0 amide bonds. The summed E-state index contributed by atoms with van der Waals surface area (Å²) in [6, 6.07) is 0. The number of hydrogen-bond acceptors (Lipinski definition) is 2. The van der Waals surface area contributed by atoms with Crippen LogP contribution in [0.25, 0.3) is 0 Å². The minimum atomic E-state index is -1.94. The Kier molecular flexibility index (Phi) is 5.51. The average Bonchev–Trinajstić information content (AvgIpc) is 2.07. The Morgan fingerprint density at radius 1 is 1.00 bits per heavy atom. The number of esters is 1. The van der Waals surface area contributed by atoms with Crippen molar-refractivity contribution in [1.82, 2.24) is 0 Å². The van der Waals surface area contributed by atoms with Crippen molar-refractivity contribution in [2.45, 2.75) is 54.8 Å². The molecule has 1 saturated carbocycles. The first-order valence-electron chi connectivity index (χ1n) is 5.28. The van der Waals surface area contributed by atoms with E-state index in [0.29, 0.717) is 0 Å². The number of alkyl halides is 3. The third-order valence-corrected chi connectivity index (χ3v) is 3.02. The van der Waals surface area contributed by atoms with Crippen LogP contribution in [0.2, 0.25) is 0 Å². The molecular formula is C10H15Cl3O2. The zero-order valence-electron chi connectivity index (χ0n) is 8.48. The highest BCUT2D eigenvalue weighted by Crippen LogP contribution is 2.29. The summed E-state index contributed by atoms with van der Waals surface area (Å²) in [6.07, 6.45) is 7.51. The minimum absolute atomic E-state index is 0.0755. The lowest BCUT2D eigenvalue weighted by atomic mass is 9.99. The highest BCUT2D eigenvalue weighted by molar-refractivity contribution is 6.75. The molecule has 15 heavy (non-hydrogen) atoms. The van der Waals surface area contributed by atoms with Gasteiger partial charge in [-0.2, -0.15) is 0 Å². The van der Waals surface area contributed by atoms with E-state index in [9.17, 15) is 4.79 Å². The van der Waals surface area contributed by atoms with Crippen LogP contribution in [0.1, 0.15) is 44.9 Å². The van der Waals surface area contributed by atoms with Crippen LogP contribution < -0.4 is 0 Å². The van der Waals surface area contributed by atoms with Gasteiger partial charge < -0.3 is 4.74 Å². The predicted octanol–water partition coefficient (Wildman–Crippen LogP) is 4.01. The molecule has 0 unspecified atom stereocenters. The van der Waals surface area contributed by atoms with Crippen molar-refractivity contribution in [2.24, 2.45) is 0 Å². The van der Waals surface area contributed by atoms with Crippen molar-refractivity contribution >= 4 is 40.8 Å². The fourth-order valence-electron chi connectivity index (χ4n) is 1.75. The second-order valence-electron chi connectivity index (χ2n) is 3.87. The normalized spacial score (nSPS) is 20.5. The summed E-state index contributed by atoms with van der Waals surface area (Å²) in [5.74, 6) is -0.752. The van der Waals surface area contributed by atoms with Crippen LogP contribution in [-0.2, 0) is 9.53 Å². The smallest absolute Gasteiger partial charge is 0.358 e. The quantitative estimate of drug-likeness (QED) is 0.533. The Labute approximate surface area is 105 Å². The summed E-state index contributed by atoms with van der Waals surface area (Å²) < 4.78 is 3.21. The molecule has 0 atom stereocenters. The van der Waals surface area contributed by atoms with Crippen molar-refractivity contribution in [3.05, 3.63) is 0 Å². The van der Waals surface area contributed by atoms with Gasteiger partial charge in [-0.25, -0.2) is 4.79 Å². The summed E-state index contributed by atoms with van der Waals surface area (Å²) in [4.78, 5) is 11.3.